The third-order valence-electron chi connectivity index (χ3n) is 8.23. The van der Waals surface area contributed by atoms with Crippen LogP contribution in [0.4, 0.5) is 0 Å². The van der Waals surface area contributed by atoms with Gasteiger partial charge in [0.05, 0.1) is 11.6 Å². The lowest BCUT2D eigenvalue weighted by atomic mass is 9.99. The number of rotatable bonds is 5. The zero-order valence-corrected chi connectivity index (χ0v) is 19.6. The van der Waals surface area contributed by atoms with E-state index in [4.69, 9.17) is 0 Å². The lowest BCUT2D eigenvalue weighted by molar-refractivity contribution is -0.126. The van der Waals surface area contributed by atoms with E-state index in [-0.39, 0.29) is 29.1 Å². The monoisotopic (exact) mass is 456 g/mol. The summed E-state index contributed by atoms with van der Waals surface area (Å²) in [7, 11) is 1.91. The van der Waals surface area contributed by atoms with Crippen molar-refractivity contribution in [2.24, 2.45) is 24.3 Å². The highest BCUT2D eigenvalue weighted by atomic mass is 16.2. The first-order chi connectivity index (χ1) is 16.3. The van der Waals surface area contributed by atoms with Crippen molar-refractivity contribution in [3.8, 4) is 6.07 Å². The van der Waals surface area contributed by atoms with Gasteiger partial charge in [0.2, 0.25) is 5.91 Å². The van der Waals surface area contributed by atoms with Crippen molar-refractivity contribution in [1.29, 1.82) is 5.26 Å². The summed E-state index contributed by atoms with van der Waals surface area (Å²) in [5, 5.41) is 13.8. The Morgan fingerprint density at radius 2 is 2.06 bits per heavy atom. The number of hydrogen-bond acceptors (Lipinski definition) is 4. The molecule has 6 rings (SSSR count). The van der Waals surface area contributed by atoms with Crippen LogP contribution in [0.5, 0.6) is 0 Å². The van der Waals surface area contributed by atoms with Crippen LogP contribution < -0.4 is 5.32 Å². The number of aromatic nitrogens is 3. The summed E-state index contributed by atoms with van der Waals surface area (Å²) in [4.78, 5) is 36.3. The molecule has 0 bridgehead atoms. The number of aromatic amines is 1. The Kier molecular flexibility index (Phi) is 4.44. The molecular formula is C26H28N6O2. The first-order valence-corrected chi connectivity index (χ1v) is 11.9. The van der Waals surface area contributed by atoms with Crippen LogP contribution in [0.25, 0.3) is 10.9 Å². The quantitative estimate of drug-likeness (QED) is 0.614. The molecule has 3 fully saturated rings. The number of carbonyl (C=O) groups is 2. The largest absolute Gasteiger partial charge is 0.354 e. The van der Waals surface area contributed by atoms with E-state index in [1.165, 1.54) is 0 Å². The summed E-state index contributed by atoms with van der Waals surface area (Å²) in [5.74, 6) is 0.464. The molecule has 0 radical (unpaired) electrons. The van der Waals surface area contributed by atoms with Gasteiger partial charge >= 0.3 is 0 Å². The van der Waals surface area contributed by atoms with E-state index in [9.17, 15) is 14.9 Å². The number of amides is 2. The minimum atomic E-state index is -0.859. The number of fused-ring (bicyclic) bond motifs is 2. The first kappa shape index (κ1) is 21.0. The van der Waals surface area contributed by atoms with Gasteiger partial charge in [0, 0.05) is 48.8 Å². The zero-order chi connectivity index (χ0) is 23.8. The summed E-state index contributed by atoms with van der Waals surface area (Å²) < 4.78 is 1.93. The van der Waals surface area contributed by atoms with Crippen LogP contribution in [0.2, 0.25) is 0 Å². The highest BCUT2D eigenvalue weighted by Gasteiger charge is 2.69. The number of nitrogens with zero attached hydrogens (tertiary/aromatic N) is 4. The zero-order valence-electron chi connectivity index (χ0n) is 19.6. The second kappa shape index (κ2) is 7.20. The summed E-state index contributed by atoms with van der Waals surface area (Å²) in [6.45, 7) is 4.86. The van der Waals surface area contributed by atoms with Crippen molar-refractivity contribution in [2.45, 2.75) is 44.7 Å². The number of piperidine rings is 1. The molecular weight excluding hydrogens is 428 g/mol. The number of nitrogens with one attached hydrogen (secondary N) is 2. The molecule has 1 saturated heterocycles. The second-order valence-corrected chi connectivity index (χ2v) is 10.6. The molecule has 0 spiro atoms. The standard InChI is InChI=1S/C26H28N6O2/c1-26(2)17-13-32(25(34)19-7-6-18(29-19)14-4-5-14)23(21(17)26)24(33)30-20(10-27)16-12-28-11-15-8-9-31(3)22(15)16/h6-9,11-12,14,17,20-21,23,29H,4-5,13H2,1-3H3,(H,30,33)/t17-,20?,21-,23-/m0/s1. The fraction of sp³-hybridized carbons (Fsp3) is 0.462. The predicted octanol–water partition coefficient (Wildman–Crippen LogP) is 3.26. The van der Waals surface area contributed by atoms with Crippen LogP contribution in [-0.4, -0.2) is 43.8 Å². The van der Waals surface area contributed by atoms with Crippen LogP contribution in [0.3, 0.4) is 0 Å². The molecule has 2 aliphatic carbocycles. The van der Waals surface area contributed by atoms with Crippen molar-refractivity contribution < 1.29 is 9.59 Å². The Labute approximate surface area is 198 Å². The fourth-order valence-electron chi connectivity index (χ4n) is 6.02. The number of likely N-dealkylation sites (tertiary alicyclic amines) is 1. The average molecular weight is 457 g/mol. The first-order valence-electron chi connectivity index (χ1n) is 11.9. The summed E-state index contributed by atoms with van der Waals surface area (Å²) in [6.07, 6.45) is 7.60. The molecule has 8 nitrogen and oxygen atoms in total. The average Bonchev–Trinajstić information content (AvgIpc) is 3.49. The van der Waals surface area contributed by atoms with Crippen LogP contribution in [0.15, 0.2) is 36.8 Å². The third-order valence-corrected chi connectivity index (χ3v) is 8.23. The van der Waals surface area contributed by atoms with Gasteiger partial charge in [-0.3, -0.25) is 14.6 Å². The predicted molar refractivity (Wildman–Crippen MR) is 126 cm³/mol. The van der Waals surface area contributed by atoms with Gasteiger partial charge in [0.1, 0.15) is 17.8 Å². The van der Waals surface area contributed by atoms with Crippen molar-refractivity contribution in [3.63, 3.8) is 0 Å². The van der Waals surface area contributed by atoms with Gasteiger partial charge in [-0.2, -0.15) is 5.26 Å². The SMILES string of the molecule is Cn1ccc2cncc(C(C#N)NC(=O)[C@@H]3[C@@H]4[C@H](CN3C(=O)c3ccc(C5CC5)[nH]3)C4(C)C)c21. The molecule has 0 aromatic carbocycles. The summed E-state index contributed by atoms with van der Waals surface area (Å²) >= 11 is 0. The Hall–Kier alpha value is -3.60. The third kappa shape index (κ3) is 3.07. The van der Waals surface area contributed by atoms with E-state index in [1.807, 2.05) is 36.0 Å². The summed E-state index contributed by atoms with van der Waals surface area (Å²) in [5.41, 5.74) is 3.15. The van der Waals surface area contributed by atoms with Gasteiger partial charge in [-0.15, -0.1) is 0 Å². The molecule has 4 atom stereocenters. The molecule has 4 heterocycles. The van der Waals surface area contributed by atoms with Gasteiger partial charge in [-0.05, 0) is 54.2 Å². The van der Waals surface area contributed by atoms with Crippen molar-refractivity contribution in [1.82, 2.24) is 24.8 Å². The van der Waals surface area contributed by atoms with Gasteiger partial charge in [0.25, 0.3) is 5.91 Å². The van der Waals surface area contributed by atoms with Crippen molar-refractivity contribution >= 4 is 22.7 Å². The number of pyridine rings is 1. The lowest BCUT2D eigenvalue weighted by Gasteiger charge is -2.30. The lowest BCUT2D eigenvalue weighted by Crippen LogP contribution is -2.50. The highest BCUT2D eigenvalue weighted by Crippen LogP contribution is 2.65. The van der Waals surface area contributed by atoms with E-state index in [0.717, 1.165) is 29.4 Å². The second-order valence-electron chi connectivity index (χ2n) is 10.6. The van der Waals surface area contributed by atoms with Gasteiger partial charge in [0.15, 0.2) is 0 Å². The minimum Gasteiger partial charge on any atom is -0.354 e. The molecule has 2 N–H and O–H groups in total. The van der Waals surface area contributed by atoms with E-state index in [1.54, 1.807) is 17.3 Å². The van der Waals surface area contributed by atoms with Crippen LogP contribution in [0, 0.1) is 28.6 Å². The Bertz CT molecular complexity index is 1360. The number of aryl methyl sites for hydroxylation is 1. The summed E-state index contributed by atoms with van der Waals surface area (Å²) in [6, 6.07) is 6.53. The normalized spacial score (nSPS) is 25.6. The molecule has 8 heteroatoms. The molecule has 34 heavy (non-hydrogen) atoms. The number of nitriles is 1. The van der Waals surface area contributed by atoms with Crippen LogP contribution in [-0.2, 0) is 11.8 Å². The van der Waals surface area contributed by atoms with Gasteiger partial charge in [-0.25, -0.2) is 0 Å². The number of carbonyl (C=O) groups excluding carboxylic acids is 2. The number of hydrogen-bond donors (Lipinski definition) is 2. The van der Waals surface area contributed by atoms with E-state index < -0.39 is 12.1 Å². The fourth-order valence-corrected chi connectivity index (χ4v) is 6.02. The maximum atomic E-state index is 13.6. The minimum absolute atomic E-state index is 0.00444. The Morgan fingerprint density at radius 1 is 1.26 bits per heavy atom. The van der Waals surface area contributed by atoms with E-state index in [0.29, 0.717) is 23.7 Å². The van der Waals surface area contributed by atoms with Crippen LogP contribution in [0.1, 0.15) is 60.4 Å². The van der Waals surface area contributed by atoms with Crippen molar-refractivity contribution in [2.75, 3.05) is 6.54 Å². The van der Waals surface area contributed by atoms with Gasteiger partial charge < -0.3 is 19.8 Å². The Balaban J connectivity index is 1.28. The highest BCUT2D eigenvalue weighted by molar-refractivity contribution is 5.98. The van der Waals surface area contributed by atoms with Gasteiger partial charge in [-0.1, -0.05) is 13.8 Å². The molecule has 3 aromatic heterocycles. The Morgan fingerprint density at radius 3 is 2.79 bits per heavy atom. The molecule has 2 amide bonds. The maximum Gasteiger partial charge on any atom is 0.270 e. The number of H-pyrrole nitrogens is 1. The van der Waals surface area contributed by atoms with E-state index >= 15 is 0 Å². The van der Waals surface area contributed by atoms with Crippen molar-refractivity contribution in [3.05, 3.63) is 53.7 Å². The maximum absolute atomic E-state index is 13.6. The molecule has 3 aliphatic rings. The van der Waals surface area contributed by atoms with Crippen LogP contribution >= 0.6 is 0 Å². The molecule has 1 aliphatic heterocycles. The molecule has 174 valence electrons. The molecule has 3 aromatic rings. The topological polar surface area (TPSA) is 107 Å². The van der Waals surface area contributed by atoms with E-state index in [2.05, 4.69) is 35.2 Å². The molecule has 1 unspecified atom stereocenters. The smallest absolute Gasteiger partial charge is 0.270 e. The molecule has 2 saturated carbocycles.